The zero-order valence-electron chi connectivity index (χ0n) is 11.2. The van der Waals surface area contributed by atoms with Gasteiger partial charge >= 0.3 is 0 Å². The van der Waals surface area contributed by atoms with Gasteiger partial charge in [-0.3, -0.25) is 0 Å². The van der Waals surface area contributed by atoms with Crippen LogP contribution in [0.5, 0.6) is 0 Å². The van der Waals surface area contributed by atoms with E-state index in [0.717, 1.165) is 0 Å². The topological polar surface area (TPSA) is 116 Å². The molecular formula is C9H3N9S6. The lowest BCUT2D eigenvalue weighted by Gasteiger charge is -2.00. The predicted molar refractivity (Wildman–Crippen MR) is 94.6 cm³/mol. The summed E-state index contributed by atoms with van der Waals surface area (Å²) in [6.07, 6.45) is 4.42. The Morgan fingerprint density at radius 1 is 0.375 bits per heavy atom. The normalized spacial score (nSPS) is 14.5. The molecule has 4 rings (SSSR count). The first kappa shape index (κ1) is 16.6. The van der Waals surface area contributed by atoms with Crippen LogP contribution < -0.4 is 0 Å². The molecule has 1 aliphatic rings. The fourth-order valence-corrected chi connectivity index (χ4v) is 5.96. The molecule has 120 valence electrons. The van der Waals surface area contributed by atoms with Gasteiger partial charge in [0, 0.05) is 0 Å². The maximum atomic E-state index is 4.37. The Bertz CT molecular complexity index is 695. The van der Waals surface area contributed by atoms with E-state index < -0.39 is 0 Å². The van der Waals surface area contributed by atoms with E-state index in [2.05, 4.69) is 44.9 Å². The largest absolute Gasteiger partial charge is 0.210 e. The van der Waals surface area contributed by atoms with E-state index in [9.17, 15) is 0 Å². The molecule has 4 heterocycles. The monoisotopic (exact) mass is 429 g/mol. The maximum Gasteiger partial charge on any atom is 0.202 e. The molecule has 24 heavy (non-hydrogen) atoms. The Hall–Kier alpha value is -0.870. The van der Waals surface area contributed by atoms with Crippen LogP contribution in [0, 0.1) is 0 Å². The van der Waals surface area contributed by atoms with Crippen LogP contribution in [0.2, 0.25) is 0 Å². The van der Waals surface area contributed by atoms with Crippen molar-refractivity contribution in [3.05, 3.63) is 19.0 Å². The molecule has 9 nitrogen and oxygen atoms in total. The van der Waals surface area contributed by atoms with Crippen LogP contribution in [0.25, 0.3) is 0 Å². The smallest absolute Gasteiger partial charge is 0.202 e. The minimum absolute atomic E-state index is 0.577. The van der Waals surface area contributed by atoms with E-state index in [1.54, 1.807) is 0 Å². The fraction of sp³-hybridized carbons (Fsp3) is 0. The molecule has 0 atom stereocenters. The van der Waals surface area contributed by atoms with E-state index in [1.165, 1.54) is 83.7 Å². The Labute approximate surface area is 158 Å². The van der Waals surface area contributed by atoms with Gasteiger partial charge < -0.3 is 0 Å². The highest BCUT2D eigenvalue weighted by molar-refractivity contribution is 8.77. The molecule has 0 fully saturated rings. The van der Waals surface area contributed by atoms with Gasteiger partial charge in [0.25, 0.3) is 0 Å². The zero-order valence-corrected chi connectivity index (χ0v) is 16.1. The highest BCUT2D eigenvalue weighted by atomic mass is 33.1. The average Bonchev–Trinajstić information content (AvgIpc) is 2.64. The highest BCUT2D eigenvalue weighted by Gasteiger charge is 2.12. The second-order valence-electron chi connectivity index (χ2n) is 3.65. The van der Waals surface area contributed by atoms with Crippen molar-refractivity contribution in [3.8, 4) is 0 Å². The summed E-state index contributed by atoms with van der Waals surface area (Å²) in [6.45, 7) is 0. The molecule has 0 aromatic carbocycles. The van der Waals surface area contributed by atoms with E-state index in [4.69, 9.17) is 0 Å². The van der Waals surface area contributed by atoms with Crippen molar-refractivity contribution >= 4 is 64.8 Å². The van der Waals surface area contributed by atoms with Gasteiger partial charge in [-0.15, -0.1) is 0 Å². The molecule has 0 saturated carbocycles. The number of rotatable bonds is 0. The van der Waals surface area contributed by atoms with E-state index in [-0.39, 0.29) is 0 Å². The van der Waals surface area contributed by atoms with Crippen LogP contribution in [-0.4, -0.2) is 44.9 Å². The molecule has 0 N–H and O–H groups in total. The molecule has 1 aliphatic heterocycles. The molecule has 3 aromatic rings. The molecule has 15 heteroatoms. The van der Waals surface area contributed by atoms with Gasteiger partial charge in [-0.05, 0) is 64.8 Å². The van der Waals surface area contributed by atoms with Crippen molar-refractivity contribution in [1.29, 1.82) is 0 Å². The summed E-state index contributed by atoms with van der Waals surface area (Å²) < 4.78 is 0. The number of fused-ring (bicyclic) bond motifs is 6. The molecule has 3 aromatic heterocycles. The number of aromatic nitrogens is 9. The number of nitrogens with zero attached hydrogens (tertiary/aromatic N) is 9. The van der Waals surface area contributed by atoms with Crippen molar-refractivity contribution in [1.82, 2.24) is 44.9 Å². The summed E-state index contributed by atoms with van der Waals surface area (Å²) in [5.41, 5.74) is 0. The summed E-state index contributed by atoms with van der Waals surface area (Å²) in [7, 11) is 8.17. The Morgan fingerprint density at radius 2 is 0.583 bits per heavy atom. The van der Waals surface area contributed by atoms with Crippen molar-refractivity contribution in [2.75, 3.05) is 0 Å². The van der Waals surface area contributed by atoms with Crippen LogP contribution in [0.1, 0.15) is 0 Å². The average molecular weight is 430 g/mol. The molecule has 0 radical (unpaired) electrons. The van der Waals surface area contributed by atoms with Crippen LogP contribution in [0.15, 0.2) is 49.9 Å². The minimum atomic E-state index is 0.577. The van der Waals surface area contributed by atoms with Gasteiger partial charge in [0.2, 0.25) is 30.9 Å². The third-order valence-electron chi connectivity index (χ3n) is 2.16. The molecule has 6 bridgehead atoms. The SMILES string of the molecule is c1nc2nc(n1)SSc1ncnc(n1)SSc1ncnc(n1)SS2. The summed E-state index contributed by atoms with van der Waals surface area (Å²) in [4.78, 5) is 37.9. The maximum absolute atomic E-state index is 4.37. The quantitative estimate of drug-likeness (QED) is 0.487. The first-order chi connectivity index (χ1) is 11.8. The van der Waals surface area contributed by atoms with Crippen LogP contribution in [-0.2, 0) is 0 Å². The third-order valence-corrected chi connectivity index (χ3v) is 7.91. The Kier molecular flexibility index (Phi) is 5.53. The first-order valence-corrected chi connectivity index (χ1v) is 12.4. The van der Waals surface area contributed by atoms with Crippen molar-refractivity contribution in [2.45, 2.75) is 30.9 Å². The summed E-state index contributed by atoms with van der Waals surface area (Å²) in [5, 5.41) is 3.46. The Morgan fingerprint density at radius 3 is 0.792 bits per heavy atom. The third kappa shape index (κ3) is 4.40. The summed E-state index contributed by atoms with van der Waals surface area (Å²) in [5.74, 6) is 0. The van der Waals surface area contributed by atoms with Gasteiger partial charge in [-0.2, -0.15) is 15.0 Å². The second kappa shape index (κ2) is 8.01. The lowest BCUT2D eigenvalue weighted by molar-refractivity contribution is 0.802. The van der Waals surface area contributed by atoms with Gasteiger partial charge in [-0.25, -0.2) is 29.9 Å². The standard InChI is InChI=1S/C9H3N9S6/c1-10-4-16-5(11-1)20-22-7-13-3-15-9(18-7)24-23-8-14-2-12-6(17-8)21-19-4/h1-3H. The van der Waals surface area contributed by atoms with Gasteiger partial charge in [0.1, 0.15) is 19.0 Å². The van der Waals surface area contributed by atoms with E-state index >= 15 is 0 Å². The number of hydrogen-bond donors (Lipinski definition) is 0. The molecule has 0 saturated heterocycles. The van der Waals surface area contributed by atoms with Crippen molar-refractivity contribution < 1.29 is 0 Å². The highest BCUT2D eigenvalue weighted by Crippen LogP contribution is 2.39. The molecule has 0 unspecified atom stereocenters. The van der Waals surface area contributed by atoms with Crippen LogP contribution >= 0.6 is 64.8 Å². The lowest BCUT2D eigenvalue weighted by atomic mass is 11.1. The van der Waals surface area contributed by atoms with Crippen molar-refractivity contribution in [3.63, 3.8) is 0 Å². The van der Waals surface area contributed by atoms with Crippen LogP contribution in [0.4, 0.5) is 0 Å². The molecule has 0 spiro atoms. The van der Waals surface area contributed by atoms with E-state index in [0.29, 0.717) is 30.9 Å². The van der Waals surface area contributed by atoms with Crippen LogP contribution in [0.3, 0.4) is 0 Å². The minimum Gasteiger partial charge on any atom is -0.210 e. The van der Waals surface area contributed by atoms with Gasteiger partial charge in [-0.1, -0.05) is 0 Å². The molecule has 0 amide bonds. The van der Waals surface area contributed by atoms with E-state index in [1.807, 2.05) is 0 Å². The Balaban J connectivity index is 1.68. The van der Waals surface area contributed by atoms with Gasteiger partial charge in [0.05, 0.1) is 0 Å². The molecular weight excluding hydrogens is 427 g/mol. The molecule has 0 aliphatic carbocycles. The zero-order chi connectivity index (χ0) is 16.2. The fourth-order valence-electron chi connectivity index (χ4n) is 1.27. The first-order valence-electron chi connectivity index (χ1n) is 5.96. The summed E-state index contributed by atoms with van der Waals surface area (Å²) >= 11 is 0. The predicted octanol–water partition coefficient (Wildman–Crippen LogP) is 2.95. The lowest BCUT2D eigenvalue weighted by Crippen LogP contribution is -1.92. The number of hydrogen-bond acceptors (Lipinski definition) is 15. The summed E-state index contributed by atoms with van der Waals surface area (Å²) in [6, 6.07) is 0. The van der Waals surface area contributed by atoms with Crippen molar-refractivity contribution in [2.24, 2.45) is 0 Å². The second-order valence-corrected chi connectivity index (χ2v) is 9.84. The van der Waals surface area contributed by atoms with Gasteiger partial charge in [0.15, 0.2) is 0 Å².